The lowest BCUT2D eigenvalue weighted by molar-refractivity contribution is 0.385. The van der Waals surface area contributed by atoms with E-state index in [4.69, 9.17) is 5.73 Å². The average molecular weight is 187 g/mol. The maximum atomic E-state index is 12.8. The lowest BCUT2D eigenvalue weighted by Crippen LogP contribution is -2.29. The van der Waals surface area contributed by atoms with E-state index in [1.807, 2.05) is 0 Å². The quantitative estimate of drug-likeness (QED) is 0.704. The Morgan fingerprint density at radius 3 is 2.31 bits per heavy atom. The van der Waals surface area contributed by atoms with E-state index >= 15 is 0 Å². The summed E-state index contributed by atoms with van der Waals surface area (Å²) in [6, 6.07) is 2.22. The number of benzene rings is 1. The van der Waals surface area contributed by atoms with Crippen LogP contribution in [0.1, 0.15) is 19.4 Å². The summed E-state index contributed by atoms with van der Waals surface area (Å²) in [5.41, 5.74) is 4.92. The van der Waals surface area contributed by atoms with E-state index in [9.17, 15) is 13.9 Å². The smallest absolute Gasteiger partial charge is 0.200 e. The third-order valence-corrected chi connectivity index (χ3v) is 1.76. The van der Waals surface area contributed by atoms with Crippen LogP contribution in [0.15, 0.2) is 12.1 Å². The van der Waals surface area contributed by atoms with Gasteiger partial charge < -0.3 is 10.8 Å². The Hall–Kier alpha value is -1.16. The molecule has 0 radical (unpaired) electrons. The lowest BCUT2D eigenvalue weighted by atomic mass is 9.94. The van der Waals surface area contributed by atoms with Crippen LogP contribution in [0.2, 0.25) is 0 Å². The molecule has 0 amide bonds. The average Bonchev–Trinajstić information content (AvgIpc) is 1.98. The van der Waals surface area contributed by atoms with Crippen LogP contribution in [0.25, 0.3) is 0 Å². The van der Waals surface area contributed by atoms with Gasteiger partial charge in [-0.15, -0.1) is 0 Å². The summed E-state index contributed by atoms with van der Waals surface area (Å²) in [5.74, 6) is -3.05. The van der Waals surface area contributed by atoms with Crippen molar-refractivity contribution >= 4 is 0 Å². The number of phenols is 1. The number of aromatic hydroxyl groups is 1. The molecule has 0 saturated carbocycles. The molecular weight excluding hydrogens is 176 g/mol. The molecule has 0 unspecified atom stereocenters. The van der Waals surface area contributed by atoms with Crippen molar-refractivity contribution < 1.29 is 13.9 Å². The van der Waals surface area contributed by atoms with Crippen molar-refractivity contribution in [1.82, 2.24) is 0 Å². The van der Waals surface area contributed by atoms with Crippen LogP contribution in [0.5, 0.6) is 5.75 Å². The van der Waals surface area contributed by atoms with Crippen LogP contribution in [0, 0.1) is 11.6 Å². The van der Waals surface area contributed by atoms with Crippen molar-refractivity contribution in [2.45, 2.75) is 19.4 Å². The topological polar surface area (TPSA) is 46.2 Å². The van der Waals surface area contributed by atoms with Crippen molar-refractivity contribution in [2.24, 2.45) is 5.73 Å². The summed E-state index contributed by atoms with van der Waals surface area (Å²) < 4.78 is 25.4. The van der Waals surface area contributed by atoms with E-state index in [0.717, 1.165) is 6.07 Å². The third-order valence-electron chi connectivity index (χ3n) is 1.76. The van der Waals surface area contributed by atoms with Crippen LogP contribution >= 0.6 is 0 Å². The molecule has 1 rings (SSSR count). The van der Waals surface area contributed by atoms with Crippen LogP contribution in [-0.4, -0.2) is 5.11 Å². The van der Waals surface area contributed by atoms with E-state index in [0.29, 0.717) is 0 Å². The van der Waals surface area contributed by atoms with Gasteiger partial charge in [-0.2, -0.15) is 4.39 Å². The van der Waals surface area contributed by atoms with Crippen LogP contribution in [0.3, 0.4) is 0 Å². The predicted octanol–water partition coefficient (Wildman–Crippen LogP) is 1.86. The summed E-state index contributed by atoms with van der Waals surface area (Å²) in [6.07, 6.45) is 0. The minimum atomic E-state index is -1.25. The molecule has 1 aromatic carbocycles. The molecule has 13 heavy (non-hydrogen) atoms. The van der Waals surface area contributed by atoms with Crippen molar-refractivity contribution in [1.29, 1.82) is 0 Å². The minimum absolute atomic E-state index is 0.186. The maximum Gasteiger partial charge on any atom is 0.200 e. The second-order valence-electron chi connectivity index (χ2n) is 3.48. The van der Waals surface area contributed by atoms with E-state index in [1.165, 1.54) is 6.07 Å². The highest BCUT2D eigenvalue weighted by atomic mass is 19.2. The molecule has 1 aromatic rings. The summed E-state index contributed by atoms with van der Waals surface area (Å²) in [6.45, 7) is 3.19. The summed E-state index contributed by atoms with van der Waals surface area (Å²) >= 11 is 0. The normalized spacial score (nSPS) is 11.8. The molecular formula is C9H11F2NO. The summed E-state index contributed by atoms with van der Waals surface area (Å²) in [5, 5.41) is 9.22. The fourth-order valence-electron chi connectivity index (χ4n) is 1.06. The monoisotopic (exact) mass is 187 g/mol. The molecule has 0 aromatic heterocycles. The molecule has 0 atom stereocenters. The van der Waals surface area contributed by atoms with Crippen LogP contribution in [-0.2, 0) is 5.54 Å². The minimum Gasteiger partial charge on any atom is -0.505 e. The molecule has 72 valence electrons. The van der Waals surface area contributed by atoms with Gasteiger partial charge in [0, 0.05) is 11.1 Å². The summed E-state index contributed by atoms with van der Waals surface area (Å²) in [7, 11) is 0. The summed E-state index contributed by atoms with van der Waals surface area (Å²) in [4.78, 5) is 0. The maximum absolute atomic E-state index is 12.8. The van der Waals surface area contributed by atoms with Gasteiger partial charge in [0.15, 0.2) is 11.6 Å². The molecule has 0 fully saturated rings. The fraction of sp³-hybridized carbons (Fsp3) is 0.333. The zero-order valence-corrected chi connectivity index (χ0v) is 7.44. The Balaban J connectivity index is 3.35. The number of hydrogen-bond donors (Lipinski definition) is 2. The molecule has 0 saturated heterocycles. The Kier molecular flexibility index (Phi) is 2.26. The Labute approximate surface area is 75.0 Å². The predicted molar refractivity (Wildman–Crippen MR) is 45.2 cm³/mol. The highest BCUT2D eigenvalue weighted by molar-refractivity contribution is 5.38. The highest BCUT2D eigenvalue weighted by Gasteiger charge is 2.22. The number of nitrogens with two attached hydrogens (primary N) is 1. The SMILES string of the molecule is CC(C)(N)c1ccc(F)c(F)c1O. The van der Waals surface area contributed by atoms with Gasteiger partial charge in [-0.25, -0.2) is 4.39 Å². The zero-order valence-electron chi connectivity index (χ0n) is 7.44. The lowest BCUT2D eigenvalue weighted by Gasteiger charge is -2.20. The van der Waals surface area contributed by atoms with Crippen molar-refractivity contribution in [2.75, 3.05) is 0 Å². The molecule has 3 N–H and O–H groups in total. The van der Waals surface area contributed by atoms with Gasteiger partial charge in [-0.3, -0.25) is 0 Å². The molecule has 0 aliphatic heterocycles. The molecule has 0 bridgehead atoms. The number of halogens is 2. The highest BCUT2D eigenvalue weighted by Crippen LogP contribution is 2.30. The Morgan fingerprint density at radius 2 is 1.85 bits per heavy atom. The van der Waals surface area contributed by atoms with Crippen molar-refractivity contribution in [3.63, 3.8) is 0 Å². The van der Waals surface area contributed by atoms with Crippen LogP contribution in [0.4, 0.5) is 8.78 Å². The fourth-order valence-corrected chi connectivity index (χ4v) is 1.06. The van der Waals surface area contributed by atoms with Gasteiger partial charge in [0.25, 0.3) is 0 Å². The van der Waals surface area contributed by atoms with Gasteiger partial charge in [0.1, 0.15) is 0 Å². The van der Waals surface area contributed by atoms with E-state index in [1.54, 1.807) is 13.8 Å². The van der Waals surface area contributed by atoms with Crippen molar-refractivity contribution in [3.05, 3.63) is 29.3 Å². The van der Waals surface area contributed by atoms with Gasteiger partial charge in [0.2, 0.25) is 5.82 Å². The van der Waals surface area contributed by atoms with E-state index in [-0.39, 0.29) is 5.56 Å². The van der Waals surface area contributed by atoms with Gasteiger partial charge in [0.05, 0.1) is 0 Å². The first kappa shape index (κ1) is 9.92. The van der Waals surface area contributed by atoms with Crippen LogP contribution < -0.4 is 5.73 Å². The molecule has 0 aliphatic carbocycles. The Morgan fingerprint density at radius 1 is 1.31 bits per heavy atom. The first-order chi connectivity index (χ1) is 5.84. The molecule has 0 spiro atoms. The third kappa shape index (κ3) is 1.78. The second kappa shape index (κ2) is 2.96. The van der Waals surface area contributed by atoms with E-state index < -0.39 is 22.9 Å². The zero-order chi connectivity index (χ0) is 10.2. The molecule has 4 heteroatoms. The molecule has 0 heterocycles. The second-order valence-corrected chi connectivity index (χ2v) is 3.48. The van der Waals surface area contributed by atoms with Crippen molar-refractivity contribution in [3.8, 4) is 5.75 Å². The number of phenolic OH excluding ortho intramolecular Hbond substituents is 1. The van der Waals surface area contributed by atoms with Gasteiger partial charge >= 0.3 is 0 Å². The first-order valence-corrected chi connectivity index (χ1v) is 3.80. The molecule has 2 nitrogen and oxygen atoms in total. The molecule has 0 aliphatic rings. The first-order valence-electron chi connectivity index (χ1n) is 3.80. The standard InChI is InChI=1S/C9H11F2NO/c1-9(2,12)5-3-4-6(10)7(11)8(5)13/h3-4,13H,12H2,1-2H3. The largest absolute Gasteiger partial charge is 0.505 e. The van der Waals surface area contributed by atoms with E-state index in [2.05, 4.69) is 0 Å². The number of hydrogen-bond acceptors (Lipinski definition) is 2. The Bertz CT molecular complexity index is 331. The van der Waals surface area contributed by atoms with Gasteiger partial charge in [-0.05, 0) is 19.9 Å². The van der Waals surface area contributed by atoms with Gasteiger partial charge in [-0.1, -0.05) is 6.07 Å². The number of rotatable bonds is 1.